The van der Waals surface area contributed by atoms with Crippen molar-refractivity contribution in [3.05, 3.63) is 71.3 Å². The van der Waals surface area contributed by atoms with Gasteiger partial charge in [-0.15, -0.1) is 0 Å². The lowest BCUT2D eigenvalue weighted by Crippen LogP contribution is -2.28. The summed E-state index contributed by atoms with van der Waals surface area (Å²) in [6.45, 7) is 0. The maximum Gasteiger partial charge on any atom is 0.0285 e. The van der Waals surface area contributed by atoms with Gasteiger partial charge in [0.1, 0.15) is 0 Å². The highest BCUT2D eigenvalue weighted by Gasteiger charge is 2.34. The molecule has 0 heterocycles. The highest BCUT2D eigenvalue weighted by atomic mass is 31.1. The monoisotopic (exact) mass is 388 g/mol. The van der Waals surface area contributed by atoms with Crippen molar-refractivity contribution in [1.82, 2.24) is 0 Å². The second-order valence-electron chi connectivity index (χ2n) is 9.02. The number of benzene rings is 2. The average molecular weight is 389 g/mol. The summed E-state index contributed by atoms with van der Waals surface area (Å²) in [7, 11) is -0.0522. The van der Waals surface area contributed by atoms with E-state index >= 15 is 0 Å². The van der Waals surface area contributed by atoms with E-state index in [1.54, 1.807) is 10.9 Å². The van der Waals surface area contributed by atoms with Crippen molar-refractivity contribution in [3.63, 3.8) is 0 Å². The Bertz CT molecular complexity index is 806. The molecular formula is C27H33P. The molecule has 3 aliphatic carbocycles. The van der Waals surface area contributed by atoms with Crippen LogP contribution >= 0.6 is 7.92 Å². The summed E-state index contributed by atoms with van der Waals surface area (Å²) in [6, 6.07) is 18.6. The molecule has 0 nitrogen and oxygen atoms in total. The van der Waals surface area contributed by atoms with Crippen molar-refractivity contribution in [1.29, 1.82) is 0 Å². The normalized spacial score (nSPS) is 23.2. The molecule has 0 bridgehead atoms. The van der Waals surface area contributed by atoms with Crippen molar-refractivity contribution in [2.75, 3.05) is 0 Å². The van der Waals surface area contributed by atoms with E-state index in [1.165, 1.54) is 75.3 Å². The molecule has 3 aliphatic rings. The van der Waals surface area contributed by atoms with Gasteiger partial charge in [0.15, 0.2) is 0 Å². The van der Waals surface area contributed by atoms with Crippen LogP contribution in [0.1, 0.15) is 86.8 Å². The first-order valence-electron chi connectivity index (χ1n) is 11.6. The number of hydrogen-bond donors (Lipinski definition) is 0. The van der Waals surface area contributed by atoms with E-state index < -0.39 is 0 Å². The van der Waals surface area contributed by atoms with Crippen LogP contribution in [0.3, 0.4) is 0 Å². The maximum absolute atomic E-state index is 2.53. The Balaban J connectivity index is 1.55. The number of rotatable bonds is 4. The molecule has 2 aromatic rings. The first-order chi connectivity index (χ1) is 13.9. The van der Waals surface area contributed by atoms with Gasteiger partial charge in [0.25, 0.3) is 0 Å². The number of hydrogen-bond acceptors (Lipinski definition) is 0. The van der Waals surface area contributed by atoms with Crippen LogP contribution in [-0.4, -0.2) is 11.3 Å². The SMILES string of the molecule is C1=CC(c2ccccc2P(C2CCCCC2)C2CCCCC2)c2ccccc21. The van der Waals surface area contributed by atoms with Gasteiger partial charge in [0, 0.05) is 5.92 Å². The Morgan fingerprint density at radius 2 is 1.18 bits per heavy atom. The highest BCUT2D eigenvalue weighted by Crippen LogP contribution is 2.56. The van der Waals surface area contributed by atoms with Gasteiger partial charge >= 0.3 is 0 Å². The maximum atomic E-state index is 2.53. The quantitative estimate of drug-likeness (QED) is 0.473. The fourth-order valence-electron chi connectivity index (χ4n) is 5.92. The van der Waals surface area contributed by atoms with Gasteiger partial charge in [0.2, 0.25) is 0 Å². The third-order valence-electron chi connectivity index (χ3n) is 7.29. The van der Waals surface area contributed by atoms with E-state index in [9.17, 15) is 0 Å². The highest BCUT2D eigenvalue weighted by molar-refractivity contribution is 7.67. The molecule has 0 aromatic heterocycles. The van der Waals surface area contributed by atoms with Crippen molar-refractivity contribution in [3.8, 4) is 0 Å². The minimum Gasteiger partial charge on any atom is -0.0720 e. The fraction of sp³-hybridized carbons (Fsp3) is 0.481. The van der Waals surface area contributed by atoms with Crippen molar-refractivity contribution < 1.29 is 0 Å². The molecule has 2 fully saturated rings. The van der Waals surface area contributed by atoms with Gasteiger partial charge < -0.3 is 0 Å². The number of allylic oxidation sites excluding steroid dienone is 1. The average Bonchev–Trinajstić information content (AvgIpc) is 3.20. The fourth-order valence-corrected chi connectivity index (χ4v) is 9.91. The van der Waals surface area contributed by atoms with Crippen LogP contribution in [0, 0.1) is 0 Å². The van der Waals surface area contributed by atoms with Crippen LogP contribution in [-0.2, 0) is 0 Å². The van der Waals surface area contributed by atoms with E-state index in [1.807, 2.05) is 0 Å². The van der Waals surface area contributed by atoms with Crippen LogP contribution in [0.25, 0.3) is 6.08 Å². The lowest BCUT2D eigenvalue weighted by molar-refractivity contribution is 0.487. The van der Waals surface area contributed by atoms with Crippen molar-refractivity contribution in [2.45, 2.75) is 81.4 Å². The summed E-state index contributed by atoms with van der Waals surface area (Å²) in [4.78, 5) is 0. The van der Waals surface area contributed by atoms with Crippen LogP contribution in [0.2, 0.25) is 0 Å². The first-order valence-corrected chi connectivity index (χ1v) is 13.0. The van der Waals surface area contributed by atoms with Crippen LogP contribution in [0.5, 0.6) is 0 Å². The molecule has 0 saturated heterocycles. The zero-order valence-corrected chi connectivity index (χ0v) is 17.9. The van der Waals surface area contributed by atoms with Crippen LogP contribution in [0.15, 0.2) is 54.6 Å². The van der Waals surface area contributed by atoms with E-state index in [2.05, 4.69) is 60.7 Å². The predicted molar refractivity (Wildman–Crippen MR) is 124 cm³/mol. The predicted octanol–water partition coefficient (Wildman–Crippen LogP) is 7.62. The van der Waals surface area contributed by atoms with Crippen molar-refractivity contribution in [2.24, 2.45) is 0 Å². The number of fused-ring (bicyclic) bond motifs is 1. The van der Waals surface area contributed by atoms with Gasteiger partial charge in [-0.05, 0) is 59.0 Å². The molecule has 2 aromatic carbocycles. The van der Waals surface area contributed by atoms with Gasteiger partial charge in [0.05, 0.1) is 0 Å². The first kappa shape index (κ1) is 18.6. The summed E-state index contributed by atoms with van der Waals surface area (Å²) in [5.74, 6) is 0.463. The molecule has 1 heteroatoms. The van der Waals surface area contributed by atoms with Gasteiger partial charge in [-0.1, -0.05) is 107 Å². The smallest absolute Gasteiger partial charge is 0.0285 e. The molecule has 0 N–H and O–H groups in total. The third kappa shape index (κ3) is 3.61. The van der Waals surface area contributed by atoms with Gasteiger partial charge in [-0.3, -0.25) is 0 Å². The lowest BCUT2D eigenvalue weighted by Gasteiger charge is -2.40. The molecule has 146 valence electrons. The second-order valence-corrected chi connectivity index (χ2v) is 11.8. The third-order valence-corrected chi connectivity index (χ3v) is 10.9. The minimum atomic E-state index is -0.0522. The molecule has 28 heavy (non-hydrogen) atoms. The summed E-state index contributed by atoms with van der Waals surface area (Å²) in [6.07, 6.45) is 19.5. The van der Waals surface area contributed by atoms with Crippen LogP contribution < -0.4 is 5.30 Å². The molecule has 1 unspecified atom stereocenters. The van der Waals surface area contributed by atoms with E-state index in [0.29, 0.717) is 5.92 Å². The Kier molecular flexibility index (Phi) is 5.68. The standard InChI is InChI=1S/C27H33P/c1-3-12-22(13-4-1)28(23-14-5-2-6-15-23)27-18-10-9-17-26(27)25-20-19-21-11-7-8-16-24(21)25/h7-11,16-20,22-23,25H,1-6,12-15H2. The molecular weight excluding hydrogens is 355 g/mol. The summed E-state index contributed by atoms with van der Waals surface area (Å²) < 4.78 is 0. The summed E-state index contributed by atoms with van der Waals surface area (Å²) in [5, 5.41) is 1.75. The molecule has 0 spiro atoms. The Morgan fingerprint density at radius 3 is 1.86 bits per heavy atom. The second kappa shape index (κ2) is 8.54. The Morgan fingerprint density at radius 1 is 0.607 bits per heavy atom. The molecule has 0 radical (unpaired) electrons. The molecule has 1 atom stereocenters. The lowest BCUT2D eigenvalue weighted by atomic mass is 9.93. The van der Waals surface area contributed by atoms with Gasteiger partial charge in [-0.2, -0.15) is 0 Å². The van der Waals surface area contributed by atoms with E-state index in [4.69, 9.17) is 0 Å². The van der Waals surface area contributed by atoms with E-state index in [-0.39, 0.29) is 7.92 Å². The molecule has 0 aliphatic heterocycles. The summed E-state index contributed by atoms with van der Waals surface area (Å²) in [5.41, 5.74) is 6.48. The topological polar surface area (TPSA) is 0 Å². The van der Waals surface area contributed by atoms with E-state index in [0.717, 1.165) is 11.3 Å². The Hall–Kier alpha value is -1.39. The minimum absolute atomic E-state index is 0.0522. The zero-order chi connectivity index (χ0) is 18.8. The zero-order valence-electron chi connectivity index (χ0n) is 17.0. The summed E-state index contributed by atoms with van der Waals surface area (Å²) >= 11 is 0. The van der Waals surface area contributed by atoms with Crippen molar-refractivity contribution >= 4 is 19.3 Å². The largest absolute Gasteiger partial charge is 0.0720 e. The van der Waals surface area contributed by atoms with Crippen LogP contribution in [0.4, 0.5) is 0 Å². The molecule has 0 amide bonds. The molecule has 2 saturated carbocycles. The Labute approximate surface area is 172 Å². The van der Waals surface area contributed by atoms with Gasteiger partial charge in [-0.25, -0.2) is 0 Å². The molecule has 5 rings (SSSR count).